The molecule has 3 nitrogen and oxygen atoms in total. The molecule has 0 bridgehead atoms. The Hall–Kier alpha value is -0.570. The summed E-state index contributed by atoms with van der Waals surface area (Å²) in [5.41, 5.74) is 0.337. The summed E-state index contributed by atoms with van der Waals surface area (Å²) in [5.74, 6) is 0.178. The average molecular weight is 214 g/mol. The zero-order chi connectivity index (χ0) is 11.7. The fourth-order valence-electron chi connectivity index (χ4n) is 1.33. The number of hydrogen-bond acceptors (Lipinski definition) is 2. The van der Waals surface area contributed by atoms with Crippen LogP contribution in [0, 0.1) is 5.41 Å². The van der Waals surface area contributed by atoms with Gasteiger partial charge < -0.3 is 10.6 Å². The molecule has 0 aliphatic heterocycles. The van der Waals surface area contributed by atoms with Crippen LogP contribution in [0.1, 0.15) is 47.0 Å². The van der Waals surface area contributed by atoms with Crippen LogP contribution in [0.4, 0.5) is 0 Å². The van der Waals surface area contributed by atoms with Crippen LogP contribution in [0.2, 0.25) is 0 Å². The summed E-state index contributed by atoms with van der Waals surface area (Å²) < 4.78 is 0. The molecule has 90 valence electrons. The van der Waals surface area contributed by atoms with Crippen LogP contribution < -0.4 is 10.6 Å². The lowest BCUT2D eigenvalue weighted by Crippen LogP contribution is -2.31. The van der Waals surface area contributed by atoms with Crippen molar-refractivity contribution >= 4 is 5.91 Å². The second-order valence-corrected chi connectivity index (χ2v) is 5.12. The monoisotopic (exact) mass is 214 g/mol. The molecule has 0 aliphatic carbocycles. The first-order valence-electron chi connectivity index (χ1n) is 5.93. The van der Waals surface area contributed by atoms with Crippen molar-refractivity contribution in [3.63, 3.8) is 0 Å². The molecule has 0 saturated carbocycles. The minimum absolute atomic E-state index is 0.178. The quantitative estimate of drug-likeness (QED) is 0.636. The number of carbonyl (C=O) groups excluding carboxylic acids is 1. The summed E-state index contributed by atoms with van der Waals surface area (Å²) >= 11 is 0. The second-order valence-electron chi connectivity index (χ2n) is 5.12. The third-order valence-electron chi connectivity index (χ3n) is 2.20. The van der Waals surface area contributed by atoms with Crippen molar-refractivity contribution in [1.82, 2.24) is 10.6 Å². The number of rotatable bonds is 7. The van der Waals surface area contributed by atoms with Crippen molar-refractivity contribution in [2.24, 2.45) is 5.41 Å². The predicted octanol–water partition coefficient (Wildman–Crippen LogP) is 1.93. The van der Waals surface area contributed by atoms with Crippen LogP contribution in [0.3, 0.4) is 0 Å². The fourth-order valence-corrected chi connectivity index (χ4v) is 1.33. The summed E-state index contributed by atoms with van der Waals surface area (Å²) in [6, 6.07) is 0. The smallest absolute Gasteiger partial charge is 0.220 e. The summed E-state index contributed by atoms with van der Waals surface area (Å²) in [5, 5.41) is 6.07. The van der Waals surface area contributed by atoms with E-state index in [9.17, 15) is 4.79 Å². The van der Waals surface area contributed by atoms with Gasteiger partial charge >= 0.3 is 0 Å². The molecule has 0 saturated heterocycles. The average Bonchev–Trinajstić information content (AvgIpc) is 2.10. The molecule has 0 aromatic heterocycles. The minimum Gasteiger partial charge on any atom is -0.355 e. The van der Waals surface area contributed by atoms with E-state index in [1.165, 1.54) is 0 Å². The molecule has 1 amide bonds. The zero-order valence-electron chi connectivity index (χ0n) is 10.7. The number of hydrogen-bond donors (Lipinski definition) is 2. The Morgan fingerprint density at radius 3 is 2.40 bits per heavy atom. The normalized spacial score (nSPS) is 11.5. The van der Waals surface area contributed by atoms with Gasteiger partial charge in [-0.05, 0) is 24.8 Å². The Bertz CT molecular complexity index is 173. The van der Waals surface area contributed by atoms with Crippen molar-refractivity contribution < 1.29 is 4.79 Å². The van der Waals surface area contributed by atoms with E-state index >= 15 is 0 Å². The molecule has 0 atom stereocenters. The van der Waals surface area contributed by atoms with Crippen LogP contribution >= 0.6 is 0 Å². The van der Waals surface area contributed by atoms with Crippen LogP contribution in [-0.4, -0.2) is 25.5 Å². The van der Waals surface area contributed by atoms with E-state index in [1.807, 2.05) is 0 Å². The number of carbonyl (C=O) groups is 1. The highest BCUT2D eigenvalue weighted by molar-refractivity contribution is 5.75. The number of likely N-dealkylation sites (N-methyl/N-ethyl adjacent to an activating group) is 1. The molecule has 0 fully saturated rings. The highest BCUT2D eigenvalue weighted by Crippen LogP contribution is 2.21. The lowest BCUT2D eigenvalue weighted by Gasteiger charge is -2.17. The molecule has 0 aromatic carbocycles. The minimum atomic E-state index is 0.178. The molecule has 0 unspecified atom stereocenters. The van der Waals surface area contributed by atoms with Crippen molar-refractivity contribution in [3.8, 4) is 0 Å². The van der Waals surface area contributed by atoms with Crippen molar-refractivity contribution in [2.75, 3.05) is 19.6 Å². The van der Waals surface area contributed by atoms with Gasteiger partial charge in [-0.3, -0.25) is 4.79 Å². The first kappa shape index (κ1) is 14.4. The zero-order valence-corrected chi connectivity index (χ0v) is 10.7. The predicted molar refractivity (Wildman–Crippen MR) is 64.9 cm³/mol. The van der Waals surface area contributed by atoms with Crippen molar-refractivity contribution in [2.45, 2.75) is 47.0 Å². The van der Waals surface area contributed by atoms with Gasteiger partial charge in [0.25, 0.3) is 0 Å². The van der Waals surface area contributed by atoms with Crippen molar-refractivity contribution in [3.05, 3.63) is 0 Å². The van der Waals surface area contributed by atoms with E-state index in [1.54, 1.807) is 0 Å². The Morgan fingerprint density at radius 2 is 1.87 bits per heavy atom. The molecular weight excluding hydrogens is 188 g/mol. The molecule has 0 aliphatic rings. The fraction of sp³-hybridized carbons (Fsp3) is 0.917. The first-order chi connectivity index (χ1) is 6.95. The maximum absolute atomic E-state index is 11.4. The highest BCUT2D eigenvalue weighted by Gasteiger charge is 2.10. The Labute approximate surface area is 94.0 Å². The topological polar surface area (TPSA) is 41.1 Å². The molecule has 0 spiro atoms. The first-order valence-corrected chi connectivity index (χ1v) is 5.93. The summed E-state index contributed by atoms with van der Waals surface area (Å²) in [7, 11) is 0. The van der Waals surface area contributed by atoms with Gasteiger partial charge in [-0.15, -0.1) is 0 Å². The molecule has 0 aromatic rings. The van der Waals surface area contributed by atoms with Gasteiger partial charge in [0.1, 0.15) is 0 Å². The highest BCUT2D eigenvalue weighted by atomic mass is 16.1. The van der Waals surface area contributed by atoms with E-state index in [2.05, 4.69) is 38.3 Å². The van der Waals surface area contributed by atoms with Crippen LogP contribution in [-0.2, 0) is 4.79 Å². The van der Waals surface area contributed by atoms with E-state index in [0.29, 0.717) is 11.8 Å². The number of amides is 1. The lowest BCUT2D eigenvalue weighted by molar-refractivity contribution is -0.121. The van der Waals surface area contributed by atoms with Gasteiger partial charge in [0.05, 0.1) is 0 Å². The van der Waals surface area contributed by atoms with Gasteiger partial charge in [0, 0.05) is 19.5 Å². The summed E-state index contributed by atoms with van der Waals surface area (Å²) in [6.07, 6.45) is 2.74. The van der Waals surface area contributed by atoms with Crippen LogP contribution in [0.15, 0.2) is 0 Å². The maximum atomic E-state index is 11.4. The van der Waals surface area contributed by atoms with Gasteiger partial charge in [0.15, 0.2) is 0 Å². The van der Waals surface area contributed by atoms with Gasteiger partial charge in [-0.25, -0.2) is 0 Å². The lowest BCUT2D eigenvalue weighted by atomic mass is 9.90. The molecule has 0 heterocycles. The van der Waals surface area contributed by atoms with E-state index < -0.39 is 0 Å². The Morgan fingerprint density at radius 1 is 1.20 bits per heavy atom. The second kappa shape index (κ2) is 7.69. The molecule has 2 N–H and O–H groups in total. The number of nitrogens with one attached hydrogen (secondary N) is 2. The van der Waals surface area contributed by atoms with Gasteiger partial charge in [-0.1, -0.05) is 27.7 Å². The molecule has 0 radical (unpaired) electrons. The largest absolute Gasteiger partial charge is 0.355 e. The Kier molecular flexibility index (Phi) is 7.39. The van der Waals surface area contributed by atoms with Gasteiger partial charge in [-0.2, -0.15) is 0 Å². The molecule has 0 rings (SSSR count). The summed E-state index contributed by atoms with van der Waals surface area (Å²) in [4.78, 5) is 11.4. The van der Waals surface area contributed by atoms with Gasteiger partial charge in [0.2, 0.25) is 5.91 Å². The standard InChI is InChI=1S/C12H26N2O/c1-5-13-9-10-14-11(15)7-6-8-12(2,3)4/h13H,5-10H2,1-4H3,(H,14,15). The van der Waals surface area contributed by atoms with Crippen LogP contribution in [0.25, 0.3) is 0 Å². The van der Waals surface area contributed by atoms with E-state index in [-0.39, 0.29) is 5.91 Å². The SMILES string of the molecule is CCNCCNC(=O)CCCC(C)(C)C. The summed E-state index contributed by atoms with van der Waals surface area (Å²) in [6.45, 7) is 11.2. The Balaban J connectivity index is 3.34. The third kappa shape index (κ3) is 11.4. The van der Waals surface area contributed by atoms with Crippen molar-refractivity contribution in [1.29, 1.82) is 0 Å². The molecule has 15 heavy (non-hydrogen) atoms. The molecule has 3 heteroatoms. The molecular formula is C12H26N2O. The van der Waals surface area contributed by atoms with Crippen LogP contribution in [0.5, 0.6) is 0 Å². The van der Waals surface area contributed by atoms with E-state index in [4.69, 9.17) is 0 Å². The third-order valence-corrected chi connectivity index (χ3v) is 2.20. The maximum Gasteiger partial charge on any atom is 0.220 e. The van der Waals surface area contributed by atoms with E-state index in [0.717, 1.165) is 32.5 Å².